The Bertz CT molecular complexity index is 281. The highest BCUT2D eigenvalue weighted by molar-refractivity contribution is 5.43. The minimum atomic E-state index is -0.443. The number of nitrogens with zero attached hydrogens (tertiary/aromatic N) is 2. The predicted octanol–water partition coefficient (Wildman–Crippen LogP) is 1.69. The number of rotatable bonds is 5. The van der Waals surface area contributed by atoms with E-state index in [0.717, 1.165) is 25.3 Å². The second-order valence-corrected chi connectivity index (χ2v) is 3.10. The van der Waals surface area contributed by atoms with Crippen molar-refractivity contribution in [2.75, 3.05) is 32.2 Å². The summed E-state index contributed by atoms with van der Waals surface area (Å²) in [5.41, 5.74) is 0.841. The summed E-state index contributed by atoms with van der Waals surface area (Å²) in [7, 11) is 3.59. The second kappa shape index (κ2) is 5.54. The monoisotopic (exact) mass is 198 g/mol. The summed E-state index contributed by atoms with van der Waals surface area (Å²) >= 11 is 0. The Morgan fingerprint density at radius 2 is 2.36 bits per heavy atom. The Balaban J connectivity index is 2.47. The molecule has 0 amide bonds. The third-order valence-electron chi connectivity index (χ3n) is 1.99. The number of hydrogen-bond acceptors (Lipinski definition) is 3. The van der Waals surface area contributed by atoms with Crippen LogP contribution in [0.25, 0.3) is 0 Å². The van der Waals surface area contributed by atoms with Crippen molar-refractivity contribution in [2.24, 2.45) is 0 Å². The largest absolute Gasteiger partial charge is 0.385 e. The van der Waals surface area contributed by atoms with Crippen molar-refractivity contribution in [3.8, 4) is 0 Å². The molecule has 0 spiro atoms. The zero-order valence-corrected chi connectivity index (χ0v) is 8.53. The maximum Gasteiger partial charge on any atom is 0.214 e. The quantitative estimate of drug-likeness (QED) is 0.532. The highest BCUT2D eigenvalue weighted by atomic mass is 19.1. The first-order valence-electron chi connectivity index (χ1n) is 4.55. The standard InChI is InChI=1S/C10H15FN2O/c1-13(6-3-7-14-2)9-4-5-12-10(11)8-9/h4-5,8H,3,6-7H2,1-2H3. The first-order chi connectivity index (χ1) is 6.74. The molecule has 3 nitrogen and oxygen atoms in total. The number of halogens is 1. The van der Waals surface area contributed by atoms with Crippen LogP contribution in [0.3, 0.4) is 0 Å². The van der Waals surface area contributed by atoms with Gasteiger partial charge in [-0.2, -0.15) is 4.39 Å². The van der Waals surface area contributed by atoms with Crippen molar-refractivity contribution in [1.82, 2.24) is 4.98 Å². The fourth-order valence-electron chi connectivity index (χ4n) is 1.20. The zero-order chi connectivity index (χ0) is 10.4. The lowest BCUT2D eigenvalue weighted by molar-refractivity contribution is 0.196. The Kier molecular flexibility index (Phi) is 4.32. The summed E-state index contributed by atoms with van der Waals surface area (Å²) < 4.78 is 17.7. The maximum atomic E-state index is 12.8. The van der Waals surface area contributed by atoms with Gasteiger partial charge < -0.3 is 9.64 Å². The Morgan fingerprint density at radius 3 is 3.00 bits per heavy atom. The van der Waals surface area contributed by atoms with Crippen LogP contribution in [-0.4, -0.2) is 32.3 Å². The number of aromatic nitrogens is 1. The summed E-state index contributed by atoms with van der Waals surface area (Å²) in [6, 6.07) is 3.21. The lowest BCUT2D eigenvalue weighted by atomic mass is 10.3. The van der Waals surface area contributed by atoms with Crippen molar-refractivity contribution < 1.29 is 9.13 Å². The van der Waals surface area contributed by atoms with Gasteiger partial charge >= 0.3 is 0 Å². The van der Waals surface area contributed by atoms with Crippen LogP contribution in [0.1, 0.15) is 6.42 Å². The Labute approximate surface area is 83.5 Å². The third kappa shape index (κ3) is 3.30. The zero-order valence-electron chi connectivity index (χ0n) is 8.53. The van der Waals surface area contributed by atoms with Crippen LogP contribution >= 0.6 is 0 Å². The molecule has 0 aliphatic heterocycles. The number of ether oxygens (including phenoxy) is 1. The van der Waals surface area contributed by atoms with Crippen LogP contribution in [0.4, 0.5) is 10.1 Å². The minimum absolute atomic E-state index is 0.443. The number of hydrogen-bond donors (Lipinski definition) is 0. The molecule has 1 heterocycles. The minimum Gasteiger partial charge on any atom is -0.385 e. The van der Waals surface area contributed by atoms with Crippen molar-refractivity contribution >= 4 is 5.69 Å². The van der Waals surface area contributed by atoms with Gasteiger partial charge in [0.1, 0.15) is 0 Å². The average Bonchev–Trinajstić information content (AvgIpc) is 2.18. The van der Waals surface area contributed by atoms with Crippen LogP contribution in [0.2, 0.25) is 0 Å². The lowest BCUT2D eigenvalue weighted by Crippen LogP contribution is -2.19. The molecule has 4 heteroatoms. The number of anilines is 1. The molecule has 0 aliphatic rings. The van der Waals surface area contributed by atoms with Crippen molar-refractivity contribution in [2.45, 2.75) is 6.42 Å². The molecule has 78 valence electrons. The summed E-state index contributed by atoms with van der Waals surface area (Å²) in [5, 5.41) is 0. The van der Waals surface area contributed by atoms with Crippen LogP contribution in [0.5, 0.6) is 0 Å². The molecule has 0 aromatic carbocycles. The molecule has 0 radical (unpaired) electrons. The fourth-order valence-corrected chi connectivity index (χ4v) is 1.20. The predicted molar refractivity (Wildman–Crippen MR) is 54.0 cm³/mol. The molecule has 0 N–H and O–H groups in total. The van der Waals surface area contributed by atoms with Gasteiger partial charge in [0.2, 0.25) is 5.95 Å². The molecule has 0 aliphatic carbocycles. The molecule has 0 fully saturated rings. The lowest BCUT2D eigenvalue weighted by Gasteiger charge is -2.18. The van der Waals surface area contributed by atoms with Gasteiger partial charge in [0.15, 0.2) is 0 Å². The first kappa shape index (κ1) is 10.9. The molecular weight excluding hydrogens is 183 g/mol. The van der Waals surface area contributed by atoms with Crippen LogP contribution in [0.15, 0.2) is 18.3 Å². The van der Waals surface area contributed by atoms with Gasteiger partial charge in [0, 0.05) is 45.3 Å². The molecule has 1 aromatic heterocycles. The van der Waals surface area contributed by atoms with E-state index in [1.807, 2.05) is 11.9 Å². The molecule has 0 bridgehead atoms. The summed E-state index contributed by atoms with van der Waals surface area (Å²) in [6.45, 7) is 1.56. The molecule has 1 aromatic rings. The van der Waals surface area contributed by atoms with Gasteiger partial charge in [-0.1, -0.05) is 0 Å². The van der Waals surface area contributed by atoms with Gasteiger partial charge in [-0.25, -0.2) is 4.98 Å². The van der Waals surface area contributed by atoms with Crippen molar-refractivity contribution in [3.05, 3.63) is 24.3 Å². The summed E-state index contributed by atoms with van der Waals surface area (Å²) in [6.07, 6.45) is 2.40. The highest BCUT2D eigenvalue weighted by Gasteiger charge is 2.01. The number of methoxy groups -OCH3 is 1. The van der Waals surface area contributed by atoms with Crippen molar-refractivity contribution in [1.29, 1.82) is 0 Å². The van der Waals surface area contributed by atoms with Gasteiger partial charge in [-0.3, -0.25) is 0 Å². The van der Waals surface area contributed by atoms with Crippen LogP contribution in [0, 0.1) is 5.95 Å². The second-order valence-electron chi connectivity index (χ2n) is 3.10. The number of pyridine rings is 1. The summed E-state index contributed by atoms with van der Waals surface area (Å²) in [5.74, 6) is -0.443. The SMILES string of the molecule is COCCCN(C)c1ccnc(F)c1. The third-order valence-corrected chi connectivity index (χ3v) is 1.99. The van der Waals surface area contributed by atoms with E-state index in [1.54, 1.807) is 13.2 Å². The van der Waals surface area contributed by atoms with E-state index in [9.17, 15) is 4.39 Å². The topological polar surface area (TPSA) is 25.4 Å². The molecule has 14 heavy (non-hydrogen) atoms. The Morgan fingerprint density at radius 1 is 1.57 bits per heavy atom. The van der Waals surface area contributed by atoms with Crippen LogP contribution < -0.4 is 4.90 Å². The van der Waals surface area contributed by atoms with E-state index in [-0.39, 0.29) is 0 Å². The molecule has 1 rings (SSSR count). The van der Waals surface area contributed by atoms with Gasteiger partial charge in [0.25, 0.3) is 0 Å². The van der Waals surface area contributed by atoms with Gasteiger partial charge in [-0.15, -0.1) is 0 Å². The molecule has 0 unspecified atom stereocenters. The molecule has 0 atom stereocenters. The normalized spacial score (nSPS) is 10.2. The van der Waals surface area contributed by atoms with Gasteiger partial charge in [0.05, 0.1) is 0 Å². The van der Waals surface area contributed by atoms with E-state index >= 15 is 0 Å². The molecular formula is C10H15FN2O. The smallest absolute Gasteiger partial charge is 0.214 e. The van der Waals surface area contributed by atoms with Crippen LogP contribution in [-0.2, 0) is 4.74 Å². The molecule has 0 saturated heterocycles. The van der Waals surface area contributed by atoms with Crippen molar-refractivity contribution in [3.63, 3.8) is 0 Å². The van der Waals surface area contributed by atoms with E-state index in [4.69, 9.17) is 4.74 Å². The molecule has 0 saturated carbocycles. The summed E-state index contributed by atoms with van der Waals surface area (Å²) in [4.78, 5) is 5.48. The Hall–Kier alpha value is -1.16. The van der Waals surface area contributed by atoms with Gasteiger partial charge in [-0.05, 0) is 12.5 Å². The fraction of sp³-hybridized carbons (Fsp3) is 0.500. The maximum absolute atomic E-state index is 12.8. The van der Waals surface area contributed by atoms with E-state index in [2.05, 4.69) is 4.98 Å². The first-order valence-corrected chi connectivity index (χ1v) is 4.55. The van der Waals surface area contributed by atoms with E-state index in [0.29, 0.717) is 0 Å². The highest BCUT2D eigenvalue weighted by Crippen LogP contribution is 2.11. The van der Waals surface area contributed by atoms with E-state index in [1.165, 1.54) is 12.3 Å². The van der Waals surface area contributed by atoms with E-state index < -0.39 is 5.95 Å². The average molecular weight is 198 g/mol.